The lowest BCUT2D eigenvalue weighted by Gasteiger charge is -2.09. The number of carbonyl (C=O) groups is 2. The minimum atomic E-state index is -0.182. The lowest BCUT2D eigenvalue weighted by Crippen LogP contribution is -2.36. The fourth-order valence-electron chi connectivity index (χ4n) is 2.29. The van der Waals surface area contributed by atoms with E-state index < -0.39 is 0 Å². The average Bonchev–Trinajstić information content (AvgIpc) is 2.59. The third kappa shape index (κ3) is 6.52. The van der Waals surface area contributed by atoms with Gasteiger partial charge in [0.1, 0.15) is 0 Å². The van der Waals surface area contributed by atoms with Crippen LogP contribution in [-0.2, 0) is 24.3 Å². The summed E-state index contributed by atoms with van der Waals surface area (Å²) in [6.45, 7) is 3.03. The zero-order valence-corrected chi connectivity index (χ0v) is 13.8. The number of nitrogens with one attached hydrogen (secondary N) is 3. The summed E-state index contributed by atoms with van der Waals surface area (Å²) in [5.74, 6) is -0.0590. The molecule has 5 nitrogen and oxygen atoms in total. The number of benzene rings is 2. The SMILES string of the molecule is CC(=O)NCc1cccc(CNC(=O)NCCc2ccccc2)c1. The first-order valence-corrected chi connectivity index (χ1v) is 8.01. The van der Waals surface area contributed by atoms with Gasteiger partial charge in [0.15, 0.2) is 0 Å². The quantitative estimate of drug-likeness (QED) is 0.731. The van der Waals surface area contributed by atoms with Gasteiger partial charge < -0.3 is 16.0 Å². The number of carbonyl (C=O) groups excluding carboxylic acids is 2. The van der Waals surface area contributed by atoms with E-state index in [0.717, 1.165) is 17.5 Å². The zero-order valence-electron chi connectivity index (χ0n) is 13.8. The molecule has 0 aromatic heterocycles. The van der Waals surface area contributed by atoms with Crippen LogP contribution in [0.1, 0.15) is 23.6 Å². The van der Waals surface area contributed by atoms with Crippen molar-refractivity contribution in [3.05, 3.63) is 71.3 Å². The highest BCUT2D eigenvalue weighted by atomic mass is 16.2. The van der Waals surface area contributed by atoms with Crippen LogP contribution in [0.2, 0.25) is 0 Å². The summed E-state index contributed by atoms with van der Waals surface area (Å²) in [4.78, 5) is 22.8. The zero-order chi connectivity index (χ0) is 17.2. The highest BCUT2D eigenvalue weighted by Crippen LogP contribution is 2.05. The van der Waals surface area contributed by atoms with Crippen LogP contribution >= 0.6 is 0 Å². The van der Waals surface area contributed by atoms with E-state index in [9.17, 15) is 9.59 Å². The minimum absolute atomic E-state index is 0.0590. The summed E-state index contributed by atoms with van der Waals surface area (Å²) in [7, 11) is 0. The molecule has 0 aliphatic rings. The standard InChI is InChI=1S/C19H23N3O2/c1-15(23)21-13-17-8-5-9-18(12-17)14-22-19(24)20-11-10-16-6-3-2-4-7-16/h2-9,12H,10-11,13-14H2,1H3,(H,21,23)(H2,20,22,24). The predicted molar refractivity (Wildman–Crippen MR) is 94.3 cm³/mol. The summed E-state index contributed by atoms with van der Waals surface area (Å²) >= 11 is 0. The summed E-state index contributed by atoms with van der Waals surface area (Å²) in [5.41, 5.74) is 3.20. The highest BCUT2D eigenvalue weighted by Gasteiger charge is 2.02. The van der Waals surface area contributed by atoms with E-state index in [1.807, 2.05) is 54.6 Å². The molecule has 0 radical (unpaired) electrons. The maximum atomic E-state index is 11.8. The molecule has 3 N–H and O–H groups in total. The van der Waals surface area contributed by atoms with Gasteiger partial charge in [-0.1, -0.05) is 54.6 Å². The lowest BCUT2D eigenvalue weighted by atomic mass is 10.1. The van der Waals surface area contributed by atoms with E-state index >= 15 is 0 Å². The smallest absolute Gasteiger partial charge is 0.315 e. The van der Waals surface area contributed by atoms with Crippen LogP contribution in [0, 0.1) is 0 Å². The van der Waals surface area contributed by atoms with Crippen LogP contribution in [0.4, 0.5) is 4.79 Å². The molecular weight excluding hydrogens is 302 g/mol. The molecule has 3 amide bonds. The summed E-state index contributed by atoms with van der Waals surface area (Å²) in [5, 5.41) is 8.45. The highest BCUT2D eigenvalue weighted by molar-refractivity contribution is 5.74. The molecule has 0 heterocycles. The second-order valence-corrected chi connectivity index (χ2v) is 5.57. The van der Waals surface area contributed by atoms with Crippen molar-refractivity contribution in [2.24, 2.45) is 0 Å². The Kier molecular flexibility index (Phi) is 6.83. The molecule has 0 unspecified atom stereocenters. The molecule has 0 atom stereocenters. The number of hydrogen-bond acceptors (Lipinski definition) is 2. The van der Waals surface area contributed by atoms with Gasteiger partial charge in [0, 0.05) is 26.6 Å². The van der Waals surface area contributed by atoms with Gasteiger partial charge in [-0.05, 0) is 23.1 Å². The van der Waals surface area contributed by atoms with E-state index in [2.05, 4.69) is 16.0 Å². The Morgan fingerprint density at radius 3 is 2.08 bits per heavy atom. The molecule has 2 aromatic rings. The second kappa shape index (κ2) is 9.35. The molecule has 0 bridgehead atoms. The Bertz CT molecular complexity index is 671. The van der Waals surface area contributed by atoms with Crippen molar-refractivity contribution >= 4 is 11.9 Å². The van der Waals surface area contributed by atoms with E-state index in [1.165, 1.54) is 12.5 Å². The Labute approximate surface area is 142 Å². The maximum Gasteiger partial charge on any atom is 0.315 e. The predicted octanol–water partition coefficient (Wildman–Crippen LogP) is 2.36. The molecule has 126 valence electrons. The first kappa shape index (κ1) is 17.5. The van der Waals surface area contributed by atoms with E-state index in [1.54, 1.807) is 0 Å². The van der Waals surface area contributed by atoms with Crippen molar-refractivity contribution in [1.82, 2.24) is 16.0 Å². The van der Waals surface area contributed by atoms with Crippen molar-refractivity contribution in [3.8, 4) is 0 Å². The Morgan fingerprint density at radius 1 is 0.792 bits per heavy atom. The fourth-order valence-corrected chi connectivity index (χ4v) is 2.29. The molecule has 0 saturated carbocycles. The lowest BCUT2D eigenvalue weighted by molar-refractivity contribution is -0.119. The average molecular weight is 325 g/mol. The van der Waals surface area contributed by atoms with Gasteiger partial charge in [-0.3, -0.25) is 4.79 Å². The van der Waals surface area contributed by atoms with Crippen molar-refractivity contribution < 1.29 is 9.59 Å². The van der Waals surface area contributed by atoms with Crippen LogP contribution in [0.25, 0.3) is 0 Å². The number of amides is 3. The maximum absolute atomic E-state index is 11.8. The molecule has 0 aliphatic carbocycles. The molecule has 0 spiro atoms. The molecule has 2 aromatic carbocycles. The molecule has 24 heavy (non-hydrogen) atoms. The number of urea groups is 1. The fraction of sp³-hybridized carbons (Fsp3) is 0.263. The summed E-state index contributed by atoms with van der Waals surface area (Å²) in [6, 6.07) is 17.6. The van der Waals surface area contributed by atoms with Gasteiger partial charge in [-0.15, -0.1) is 0 Å². The van der Waals surface area contributed by atoms with Crippen molar-refractivity contribution in [3.63, 3.8) is 0 Å². The van der Waals surface area contributed by atoms with Gasteiger partial charge in [0.05, 0.1) is 0 Å². The van der Waals surface area contributed by atoms with Crippen LogP contribution in [0.15, 0.2) is 54.6 Å². The number of hydrogen-bond donors (Lipinski definition) is 3. The van der Waals surface area contributed by atoms with Gasteiger partial charge in [0.2, 0.25) is 5.91 Å². The Balaban J connectivity index is 1.71. The monoisotopic (exact) mass is 325 g/mol. The molecule has 2 rings (SSSR count). The Hall–Kier alpha value is -2.82. The minimum Gasteiger partial charge on any atom is -0.352 e. The molecular formula is C19H23N3O2. The van der Waals surface area contributed by atoms with Crippen molar-refractivity contribution in [2.75, 3.05) is 6.54 Å². The van der Waals surface area contributed by atoms with E-state index in [-0.39, 0.29) is 11.9 Å². The molecule has 0 fully saturated rings. The topological polar surface area (TPSA) is 70.2 Å². The molecule has 0 saturated heterocycles. The third-order valence-electron chi connectivity index (χ3n) is 3.53. The van der Waals surface area contributed by atoms with Crippen LogP contribution < -0.4 is 16.0 Å². The summed E-state index contributed by atoms with van der Waals surface area (Å²) in [6.07, 6.45) is 0.806. The van der Waals surface area contributed by atoms with Crippen LogP contribution in [0.5, 0.6) is 0 Å². The number of rotatable bonds is 7. The second-order valence-electron chi connectivity index (χ2n) is 5.57. The third-order valence-corrected chi connectivity index (χ3v) is 3.53. The van der Waals surface area contributed by atoms with Crippen LogP contribution in [-0.4, -0.2) is 18.5 Å². The van der Waals surface area contributed by atoms with Gasteiger partial charge in [0.25, 0.3) is 0 Å². The normalized spacial score (nSPS) is 10.0. The van der Waals surface area contributed by atoms with E-state index in [0.29, 0.717) is 19.6 Å². The van der Waals surface area contributed by atoms with Crippen molar-refractivity contribution in [2.45, 2.75) is 26.4 Å². The summed E-state index contributed by atoms with van der Waals surface area (Å²) < 4.78 is 0. The largest absolute Gasteiger partial charge is 0.352 e. The molecule has 5 heteroatoms. The molecule has 0 aliphatic heterocycles. The van der Waals surface area contributed by atoms with Crippen LogP contribution in [0.3, 0.4) is 0 Å². The van der Waals surface area contributed by atoms with Gasteiger partial charge in [-0.25, -0.2) is 4.79 Å². The van der Waals surface area contributed by atoms with Crippen molar-refractivity contribution in [1.29, 1.82) is 0 Å². The first-order chi connectivity index (χ1) is 11.6. The van der Waals surface area contributed by atoms with E-state index in [4.69, 9.17) is 0 Å². The van der Waals surface area contributed by atoms with Gasteiger partial charge in [-0.2, -0.15) is 0 Å². The first-order valence-electron chi connectivity index (χ1n) is 8.01. The van der Waals surface area contributed by atoms with Gasteiger partial charge >= 0.3 is 6.03 Å². The Morgan fingerprint density at radius 2 is 1.42 bits per heavy atom.